The molecule has 0 aliphatic carbocycles. The number of hydrogen-bond donors (Lipinski definition) is 1. The van der Waals surface area contributed by atoms with E-state index in [0.717, 1.165) is 58.2 Å². The van der Waals surface area contributed by atoms with Crippen LogP contribution in [0.15, 0.2) is 5.11 Å². The average molecular weight is 269 g/mol. The lowest BCUT2D eigenvalue weighted by Crippen LogP contribution is -2.35. The van der Waals surface area contributed by atoms with Crippen LogP contribution >= 0.6 is 0 Å². The highest BCUT2D eigenvalue weighted by Crippen LogP contribution is 2.12. The van der Waals surface area contributed by atoms with Gasteiger partial charge in [0.25, 0.3) is 0 Å². The van der Waals surface area contributed by atoms with Crippen LogP contribution in [0.2, 0.25) is 0 Å². The van der Waals surface area contributed by atoms with Gasteiger partial charge in [0.05, 0.1) is 6.10 Å². The molecule has 1 heterocycles. The molecule has 1 saturated heterocycles. The van der Waals surface area contributed by atoms with Gasteiger partial charge in [0.1, 0.15) is 0 Å². The molecule has 0 saturated carbocycles. The molecule has 0 amide bonds. The van der Waals surface area contributed by atoms with Gasteiger partial charge in [-0.05, 0) is 38.3 Å². The van der Waals surface area contributed by atoms with Gasteiger partial charge in [-0.2, -0.15) is 0 Å². The van der Waals surface area contributed by atoms with Crippen LogP contribution in [0, 0.1) is 0 Å². The van der Waals surface area contributed by atoms with Crippen molar-refractivity contribution >= 4 is 0 Å². The molecule has 0 spiro atoms. The van der Waals surface area contributed by atoms with Crippen molar-refractivity contribution in [3.63, 3.8) is 0 Å². The lowest BCUT2D eigenvalue weighted by molar-refractivity contribution is 0.0314. The Morgan fingerprint density at radius 3 is 2.84 bits per heavy atom. The zero-order valence-corrected chi connectivity index (χ0v) is 12.0. The quantitative estimate of drug-likeness (QED) is 0.317. The Morgan fingerprint density at radius 1 is 1.26 bits per heavy atom. The minimum atomic E-state index is 0.291. The number of likely N-dealkylation sites (tertiary alicyclic amines) is 1. The van der Waals surface area contributed by atoms with Gasteiger partial charge in [0.15, 0.2) is 0 Å². The fourth-order valence-corrected chi connectivity index (χ4v) is 2.47. The maximum atomic E-state index is 8.14. The summed E-state index contributed by atoms with van der Waals surface area (Å²) in [6, 6.07) is 0.291. The van der Waals surface area contributed by atoms with E-state index in [0.29, 0.717) is 18.7 Å². The topological polar surface area (TPSA) is 87.2 Å². The molecular weight excluding hydrogens is 242 g/mol. The molecule has 0 bridgehead atoms. The zero-order chi connectivity index (χ0) is 13.9. The summed E-state index contributed by atoms with van der Waals surface area (Å²) in [5.74, 6) is 0. The van der Waals surface area contributed by atoms with Crippen LogP contribution in [0.3, 0.4) is 0 Å². The van der Waals surface area contributed by atoms with E-state index in [1.807, 2.05) is 0 Å². The van der Waals surface area contributed by atoms with Crippen molar-refractivity contribution in [2.75, 3.05) is 33.3 Å². The SMILES string of the molecule is CN1C[C@@H](N)CC[C@@H](OCCCCCCN=[N+]=[N-])C1. The zero-order valence-electron chi connectivity index (χ0n) is 12.0. The lowest BCUT2D eigenvalue weighted by atomic mass is 10.1. The van der Waals surface area contributed by atoms with E-state index in [9.17, 15) is 0 Å². The highest BCUT2D eigenvalue weighted by atomic mass is 16.5. The minimum Gasteiger partial charge on any atom is -0.377 e. The van der Waals surface area contributed by atoms with Crippen LogP contribution in [-0.2, 0) is 4.74 Å². The number of rotatable bonds is 8. The van der Waals surface area contributed by atoms with Gasteiger partial charge in [-0.25, -0.2) is 0 Å². The van der Waals surface area contributed by atoms with Crippen molar-refractivity contribution in [3.05, 3.63) is 10.4 Å². The van der Waals surface area contributed by atoms with Crippen LogP contribution in [0.25, 0.3) is 10.4 Å². The molecule has 0 aromatic rings. The average Bonchev–Trinajstić information content (AvgIpc) is 2.53. The van der Waals surface area contributed by atoms with Crippen molar-refractivity contribution in [1.29, 1.82) is 0 Å². The second-order valence-electron chi connectivity index (χ2n) is 5.42. The summed E-state index contributed by atoms with van der Waals surface area (Å²) in [5, 5.41) is 3.52. The summed E-state index contributed by atoms with van der Waals surface area (Å²) in [5.41, 5.74) is 14.1. The molecule has 0 unspecified atom stereocenters. The van der Waals surface area contributed by atoms with Crippen molar-refractivity contribution in [2.45, 2.75) is 50.7 Å². The van der Waals surface area contributed by atoms with Crippen molar-refractivity contribution < 1.29 is 4.74 Å². The van der Waals surface area contributed by atoms with Gasteiger partial charge in [-0.15, -0.1) is 0 Å². The molecule has 1 aliphatic heterocycles. The number of nitrogens with zero attached hydrogens (tertiary/aromatic N) is 4. The number of nitrogens with two attached hydrogens (primary N) is 1. The summed E-state index contributed by atoms with van der Waals surface area (Å²) in [6.07, 6.45) is 6.78. The predicted octanol–water partition coefficient (Wildman–Crippen LogP) is 2.30. The van der Waals surface area contributed by atoms with Gasteiger partial charge in [0, 0.05) is 37.2 Å². The summed E-state index contributed by atoms with van der Waals surface area (Å²) in [7, 11) is 2.11. The van der Waals surface area contributed by atoms with E-state index in [1.54, 1.807) is 0 Å². The summed E-state index contributed by atoms with van der Waals surface area (Å²) in [4.78, 5) is 5.00. The predicted molar refractivity (Wildman–Crippen MR) is 76.9 cm³/mol. The third-order valence-corrected chi connectivity index (χ3v) is 3.49. The highest BCUT2D eigenvalue weighted by Gasteiger charge is 2.19. The van der Waals surface area contributed by atoms with Crippen LogP contribution in [0.5, 0.6) is 0 Å². The van der Waals surface area contributed by atoms with Gasteiger partial charge in [-0.3, -0.25) is 0 Å². The van der Waals surface area contributed by atoms with Crippen LogP contribution in [0.4, 0.5) is 0 Å². The maximum Gasteiger partial charge on any atom is 0.0702 e. The first-order valence-electron chi connectivity index (χ1n) is 7.29. The van der Waals surface area contributed by atoms with Gasteiger partial charge >= 0.3 is 0 Å². The minimum absolute atomic E-state index is 0.291. The Hall–Kier alpha value is -0.810. The molecule has 6 heteroatoms. The first kappa shape index (κ1) is 16.2. The van der Waals surface area contributed by atoms with Gasteiger partial charge < -0.3 is 15.4 Å². The molecule has 0 radical (unpaired) electrons. The molecule has 1 rings (SSSR count). The molecule has 1 fully saturated rings. The number of hydrogen-bond acceptors (Lipinski definition) is 4. The van der Waals surface area contributed by atoms with E-state index in [1.165, 1.54) is 0 Å². The molecule has 110 valence electrons. The third kappa shape index (κ3) is 8.06. The van der Waals surface area contributed by atoms with Crippen molar-refractivity contribution in [2.24, 2.45) is 10.8 Å². The van der Waals surface area contributed by atoms with Crippen LogP contribution in [0.1, 0.15) is 38.5 Å². The Kier molecular flexibility index (Phi) is 8.58. The normalized spacial score (nSPS) is 24.7. The maximum absolute atomic E-state index is 8.14. The standard InChI is InChI=1S/C13H27N5O/c1-18-10-12(14)6-7-13(11-18)19-9-5-3-2-4-8-16-17-15/h12-13H,2-11,14H2,1H3/t12-,13+/m0/s1. The second kappa shape index (κ2) is 10.0. The third-order valence-electron chi connectivity index (χ3n) is 3.49. The molecule has 19 heavy (non-hydrogen) atoms. The van der Waals surface area contributed by atoms with E-state index in [-0.39, 0.29) is 0 Å². The number of ether oxygens (including phenoxy) is 1. The first-order valence-corrected chi connectivity index (χ1v) is 7.29. The van der Waals surface area contributed by atoms with E-state index >= 15 is 0 Å². The fourth-order valence-electron chi connectivity index (χ4n) is 2.47. The molecule has 6 nitrogen and oxygen atoms in total. The molecule has 0 aromatic heterocycles. The Labute approximate surface area is 115 Å². The number of unbranched alkanes of at least 4 members (excludes halogenated alkanes) is 3. The molecular formula is C13H27N5O. The van der Waals surface area contributed by atoms with E-state index in [4.69, 9.17) is 16.0 Å². The van der Waals surface area contributed by atoms with Crippen molar-refractivity contribution in [3.8, 4) is 0 Å². The summed E-state index contributed by atoms with van der Waals surface area (Å²) < 4.78 is 5.93. The van der Waals surface area contributed by atoms with E-state index < -0.39 is 0 Å². The highest BCUT2D eigenvalue weighted by molar-refractivity contribution is 4.76. The monoisotopic (exact) mass is 269 g/mol. The Morgan fingerprint density at radius 2 is 2.05 bits per heavy atom. The summed E-state index contributed by atoms with van der Waals surface area (Å²) >= 11 is 0. The Bertz CT molecular complexity index is 280. The van der Waals surface area contributed by atoms with E-state index in [2.05, 4.69) is 22.0 Å². The molecule has 1 aliphatic rings. The van der Waals surface area contributed by atoms with Gasteiger partial charge in [-0.1, -0.05) is 18.0 Å². The second-order valence-corrected chi connectivity index (χ2v) is 5.42. The number of likely N-dealkylation sites (N-methyl/N-ethyl adjacent to an activating group) is 1. The fraction of sp³-hybridized carbons (Fsp3) is 1.00. The van der Waals surface area contributed by atoms with Crippen LogP contribution < -0.4 is 5.73 Å². The smallest absolute Gasteiger partial charge is 0.0702 e. The molecule has 2 N–H and O–H groups in total. The first-order chi connectivity index (χ1) is 9.22. The lowest BCUT2D eigenvalue weighted by Gasteiger charge is -2.20. The molecule has 0 aromatic carbocycles. The van der Waals surface area contributed by atoms with Crippen LogP contribution in [-0.4, -0.2) is 50.3 Å². The van der Waals surface area contributed by atoms with Gasteiger partial charge in [0.2, 0.25) is 0 Å². The Balaban J connectivity index is 2.00. The molecule has 2 atom stereocenters. The van der Waals surface area contributed by atoms with Crippen molar-refractivity contribution in [1.82, 2.24) is 4.90 Å². The number of azide groups is 1. The summed E-state index contributed by atoms with van der Waals surface area (Å²) in [6.45, 7) is 3.40. The largest absolute Gasteiger partial charge is 0.377 e.